The highest BCUT2D eigenvalue weighted by atomic mass is 79.9. The quantitative estimate of drug-likeness (QED) is 0.878. The fourth-order valence-electron chi connectivity index (χ4n) is 1.92. The van der Waals surface area contributed by atoms with Crippen molar-refractivity contribution in [3.63, 3.8) is 0 Å². The predicted octanol–water partition coefficient (Wildman–Crippen LogP) is 3.41. The number of halogens is 1. The lowest BCUT2D eigenvalue weighted by molar-refractivity contribution is 0.180. The Morgan fingerprint density at radius 2 is 1.95 bits per heavy atom. The molecule has 0 aliphatic carbocycles. The van der Waals surface area contributed by atoms with Crippen molar-refractivity contribution in [3.8, 4) is 0 Å². The van der Waals surface area contributed by atoms with Gasteiger partial charge in [-0.3, -0.25) is 0 Å². The molecule has 0 atom stereocenters. The van der Waals surface area contributed by atoms with Gasteiger partial charge in [-0.2, -0.15) is 0 Å². The number of nitrogens with one attached hydrogen (secondary N) is 1. The number of nitrogens with zero attached hydrogens (tertiary/aromatic N) is 2. The minimum Gasteiger partial charge on any atom is -0.378 e. The van der Waals surface area contributed by atoms with Crippen LogP contribution in [0.5, 0.6) is 0 Å². The van der Waals surface area contributed by atoms with Crippen molar-refractivity contribution in [1.29, 1.82) is 0 Å². The molecule has 2 rings (SSSR count). The van der Waals surface area contributed by atoms with Crippen LogP contribution in [0.2, 0.25) is 0 Å². The first-order valence-corrected chi connectivity index (χ1v) is 7.36. The van der Waals surface area contributed by atoms with Crippen molar-refractivity contribution < 1.29 is 4.74 Å². The number of aromatic nitrogens is 2. The fourth-order valence-corrected chi connectivity index (χ4v) is 2.35. The topological polar surface area (TPSA) is 47.0 Å². The molecule has 1 aromatic carbocycles. The van der Waals surface area contributed by atoms with E-state index in [1.54, 1.807) is 7.11 Å². The Bertz CT molecular complexity index is 533. The van der Waals surface area contributed by atoms with Crippen LogP contribution < -0.4 is 5.32 Å². The molecule has 1 aromatic heterocycles. The summed E-state index contributed by atoms with van der Waals surface area (Å²) in [5.74, 6) is 1.61. The molecule has 106 valence electrons. The van der Waals surface area contributed by atoms with E-state index in [0.29, 0.717) is 13.0 Å². The molecular formula is C15H18BrN3O. The first-order chi connectivity index (χ1) is 9.74. The number of hydrogen-bond acceptors (Lipinski definition) is 4. The molecule has 0 aliphatic rings. The van der Waals surface area contributed by atoms with Gasteiger partial charge in [0.05, 0.1) is 16.8 Å². The van der Waals surface area contributed by atoms with Crippen LogP contribution in [0.1, 0.15) is 24.0 Å². The number of methoxy groups -OCH3 is 1. The number of anilines is 1. The van der Waals surface area contributed by atoms with Crippen LogP contribution in [0, 0.1) is 0 Å². The Labute approximate surface area is 127 Å². The zero-order chi connectivity index (χ0) is 14.4. The van der Waals surface area contributed by atoms with Crippen LogP contribution in [0.3, 0.4) is 0 Å². The summed E-state index contributed by atoms with van der Waals surface area (Å²) in [6.45, 7) is 3.32. The largest absolute Gasteiger partial charge is 0.378 e. The van der Waals surface area contributed by atoms with Gasteiger partial charge in [0.2, 0.25) is 0 Å². The van der Waals surface area contributed by atoms with Crippen molar-refractivity contribution in [1.82, 2.24) is 9.97 Å². The third kappa shape index (κ3) is 3.77. The van der Waals surface area contributed by atoms with Crippen LogP contribution in [-0.4, -0.2) is 23.6 Å². The van der Waals surface area contributed by atoms with Gasteiger partial charge in [0.1, 0.15) is 11.6 Å². The van der Waals surface area contributed by atoms with Crippen LogP contribution in [-0.2, 0) is 17.8 Å². The van der Waals surface area contributed by atoms with Crippen LogP contribution in [0.15, 0.2) is 34.8 Å². The second-order valence-electron chi connectivity index (χ2n) is 4.37. The molecule has 20 heavy (non-hydrogen) atoms. The molecule has 0 aliphatic heterocycles. The van der Waals surface area contributed by atoms with Gasteiger partial charge in [-0.25, -0.2) is 9.97 Å². The van der Waals surface area contributed by atoms with E-state index in [2.05, 4.69) is 43.3 Å². The van der Waals surface area contributed by atoms with Gasteiger partial charge in [-0.05, 0) is 28.4 Å². The zero-order valence-electron chi connectivity index (χ0n) is 11.7. The average Bonchev–Trinajstić information content (AvgIpc) is 2.45. The van der Waals surface area contributed by atoms with E-state index in [9.17, 15) is 0 Å². The molecule has 2 aromatic rings. The van der Waals surface area contributed by atoms with Gasteiger partial charge in [-0.1, -0.05) is 30.3 Å². The molecule has 0 fully saturated rings. The van der Waals surface area contributed by atoms with Crippen molar-refractivity contribution in [2.24, 2.45) is 0 Å². The highest BCUT2D eigenvalue weighted by molar-refractivity contribution is 9.10. The summed E-state index contributed by atoms with van der Waals surface area (Å²) < 4.78 is 6.07. The zero-order valence-corrected chi connectivity index (χ0v) is 13.3. The molecule has 0 unspecified atom stereocenters. The van der Waals surface area contributed by atoms with E-state index < -0.39 is 0 Å². The first kappa shape index (κ1) is 14.9. The summed E-state index contributed by atoms with van der Waals surface area (Å²) in [6.07, 6.45) is 0.712. The minimum absolute atomic E-state index is 0.462. The molecule has 0 spiro atoms. The van der Waals surface area contributed by atoms with Crippen LogP contribution in [0.25, 0.3) is 0 Å². The Morgan fingerprint density at radius 1 is 1.20 bits per heavy atom. The highest BCUT2D eigenvalue weighted by Crippen LogP contribution is 2.24. The Balaban J connectivity index is 2.32. The van der Waals surface area contributed by atoms with E-state index in [1.807, 2.05) is 25.1 Å². The van der Waals surface area contributed by atoms with E-state index in [-0.39, 0.29) is 0 Å². The average molecular weight is 336 g/mol. The molecule has 0 saturated heterocycles. The van der Waals surface area contributed by atoms with Gasteiger partial charge in [-0.15, -0.1) is 0 Å². The maximum atomic E-state index is 5.20. The lowest BCUT2D eigenvalue weighted by Gasteiger charge is -2.12. The summed E-state index contributed by atoms with van der Waals surface area (Å²) in [7, 11) is 1.67. The third-order valence-corrected chi connectivity index (χ3v) is 3.63. The number of ether oxygens (including phenoxy) is 1. The number of benzene rings is 1. The highest BCUT2D eigenvalue weighted by Gasteiger charge is 2.12. The normalized spacial score (nSPS) is 10.6. The summed E-state index contributed by atoms with van der Waals surface area (Å²) in [4.78, 5) is 9.15. The molecule has 0 bridgehead atoms. The smallest absolute Gasteiger partial charge is 0.144 e. The van der Waals surface area contributed by atoms with Crippen molar-refractivity contribution in [2.75, 3.05) is 19.0 Å². The summed E-state index contributed by atoms with van der Waals surface area (Å²) >= 11 is 3.54. The number of rotatable bonds is 6. The van der Waals surface area contributed by atoms with Gasteiger partial charge in [0.25, 0.3) is 0 Å². The second kappa shape index (κ2) is 7.36. The Kier molecular flexibility index (Phi) is 5.49. The molecule has 1 heterocycles. The fraction of sp³-hybridized carbons (Fsp3) is 0.333. The minimum atomic E-state index is 0.462. The lowest BCUT2D eigenvalue weighted by atomic mass is 10.1. The first-order valence-electron chi connectivity index (χ1n) is 6.56. The maximum absolute atomic E-state index is 5.20. The molecule has 1 N–H and O–H groups in total. The number of hydrogen-bond donors (Lipinski definition) is 1. The van der Waals surface area contributed by atoms with Gasteiger partial charge >= 0.3 is 0 Å². The molecule has 0 saturated carbocycles. The van der Waals surface area contributed by atoms with E-state index in [1.165, 1.54) is 5.56 Å². The monoisotopic (exact) mass is 335 g/mol. The van der Waals surface area contributed by atoms with Gasteiger partial charge in [0.15, 0.2) is 0 Å². The predicted molar refractivity (Wildman–Crippen MR) is 83.9 cm³/mol. The lowest BCUT2D eigenvalue weighted by Crippen LogP contribution is -2.09. The van der Waals surface area contributed by atoms with E-state index in [4.69, 9.17) is 4.74 Å². The molecule has 0 amide bonds. The SMILES string of the molecule is CCNc1nc(Cc2ccccc2)nc(COC)c1Br. The maximum Gasteiger partial charge on any atom is 0.144 e. The third-order valence-electron chi connectivity index (χ3n) is 2.80. The summed E-state index contributed by atoms with van der Waals surface area (Å²) in [5.41, 5.74) is 2.06. The van der Waals surface area contributed by atoms with Crippen molar-refractivity contribution in [2.45, 2.75) is 20.0 Å². The van der Waals surface area contributed by atoms with Crippen LogP contribution >= 0.6 is 15.9 Å². The van der Waals surface area contributed by atoms with Gasteiger partial charge < -0.3 is 10.1 Å². The standard InChI is InChI=1S/C15H18BrN3O/c1-3-17-15-14(16)12(10-20-2)18-13(19-15)9-11-7-5-4-6-8-11/h4-8H,3,9-10H2,1-2H3,(H,17,18,19). The van der Waals surface area contributed by atoms with Crippen molar-refractivity contribution in [3.05, 3.63) is 51.9 Å². The Hall–Kier alpha value is -1.46. The van der Waals surface area contributed by atoms with E-state index >= 15 is 0 Å². The molecule has 5 heteroatoms. The van der Waals surface area contributed by atoms with E-state index in [0.717, 1.165) is 28.4 Å². The second-order valence-corrected chi connectivity index (χ2v) is 5.17. The molecule has 4 nitrogen and oxygen atoms in total. The molecular weight excluding hydrogens is 318 g/mol. The van der Waals surface area contributed by atoms with Crippen LogP contribution in [0.4, 0.5) is 5.82 Å². The summed E-state index contributed by atoms with van der Waals surface area (Å²) in [5, 5.41) is 3.25. The van der Waals surface area contributed by atoms with Crippen molar-refractivity contribution >= 4 is 21.7 Å². The summed E-state index contributed by atoms with van der Waals surface area (Å²) in [6, 6.07) is 10.2. The molecule has 0 radical (unpaired) electrons. The van der Waals surface area contributed by atoms with Gasteiger partial charge in [0, 0.05) is 20.1 Å². The Morgan fingerprint density at radius 3 is 2.60 bits per heavy atom.